The molecule has 0 aromatic heterocycles. The summed E-state index contributed by atoms with van der Waals surface area (Å²) in [5, 5.41) is 12.8. The van der Waals surface area contributed by atoms with E-state index >= 15 is 0 Å². The van der Waals surface area contributed by atoms with Gasteiger partial charge in [0, 0.05) is 34.1 Å². The van der Waals surface area contributed by atoms with Crippen molar-refractivity contribution < 1.29 is 0 Å². The van der Waals surface area contributed by atoms with Crippen molar-refractivity contribution in [3.05, 3.63) is 231 Å². The fraction of sp³-hybridized carbons (Fsp3) is 0.0938. The van der Waals surface area contributed by atoms with Crippen molar-refractivity contribution in [2.45, 2.75) is 39.3 Å². The Morgan fingerprint density at radius 3 is 0.824 bits per heavy atom. The molecule has 0 atom stereocenters. The fourth-order valence-corrected chi connectivity index (χ4v) is 12.4. The summed E-state index contributed by atoms with van der Waals surface area (Å²) in [6.07, 6.45) is 0. The molecule has 0 fully saturated rings. The lowest BCUT2D eigenvalue weighted by Crippen LogP contribution is -2.37. The van der Waals surface area contributed by atoms with E-state index in [0.29, 0.717) is 0 Å². The SMILES string of the molecule is C[Si](C)(C)c1ccc(N(c2ccc(-c3c4ccccc4c(-c4ccc(N(c5ccc([Si](C)(C)C)cc5)c5ccc6ccccc6c5)cc4)c4ccccc34)cc2)c2ccc3ccccc3c2)cc1. The number of anilines is 6. The molecule has 0 spiro atoms. The molecule has 0 aliphatic heterocycles. The maximum atomic E-state index is 2.41. The van der Waals surface area contributed by atoms with Gasteiger partial charge in [-0.3, -0.25) is 0 Å². The first-order valence-electron chi connectivity index (χ1n) is 23.9. The summed E-state index contributed by atoms with van der Waals surface area (Å²) in [5.74, 6) is 0. The van der Waals surface area contributed by atoms with Crippen LogP contribution in [-0.2, 0) is 0 Å². The van der Waals surface area contributed by atoms with E-state index in [2.05, 4.69) is 280 Å². The van der Waals surface area contributed by atoms with E-state index in [1.54, 1.807) is 0 Å². The zero-order chi connectivity index (χ0) is 46.6. The van der Waals surface area contributed by atoms with Gasteiger partial charge in [-0.25, -0.2) is 0 Å². The minimum Gasteiger partial charge on any atom is -0.310 e. The van der Waals surface area contributed by atoms with Crippen molar-refractivity contribution >= 4 is 104 Å². The van der Waals surface area contributed by atoms with Crippen LogP contribution < -0.4 is 20.2 Å². The van der Waals surface area contributed by atoms with Gasteiger partial charge < -0.3 is 9.80 Å². The molecular formula is C64H56N2Si2. The Labute approximate surface area is 403 Å². The lowest BCUT2D eigenvalue weighted by molar-refractivity contribution is 1.29. The Morgan fingerprint density at radius 1 is 0.250 bits per heavy atom. The van der Waals surface area contributed by atoms with Crippen LogP contribution in [0.3, 0.4) is 0 Å². The number of fused-ring (bicyclic) bond motifs is 4. The predicted molar refractivity (Wildman–Crippen MR) is 303 cm³/mol. The molecule has 2 nitrogen and oxygen atoms in total. The van der Waals surface area contributed by atoms with Crippen molar-refractivity contribution in [1.82, 2.24) is 0 Å². The second-order valence-corrected chi connectivity index (χ2v) is 30.4. The zero-order valence-corrected chi connectivity index (χ0v) is 41.8. The normalized spacial score (nSPS) is 12.0. The quantitative estimate of drug-likeness (QED) is 0.0996. The van der Waals surface area contributed by atoms with Gasteiger partial charge in [-0.2, -0.15) is 0 Å². The minimum absolute atomic E-state index is 1.12. The van der Waals surface area contributed by atoms with E-state index in [9.17, 15) is 0 Å². The smallest absolute Gasteiger partial charge is 0.0775 e. The van der Waals surface area contributed by atoms with Crippen LogP contribution in [0.15, 0.2) is 231 Å². The Morgan fingerprint density at radius 2 is 0.515 bits per heavy atom. The number of nitrogens with zero attached hydrogens (tertiary/aromatic N) is 2. The van der Waals surface area contributed by atoms with Crippen LogP contribution in [0.5, 0.6) is 0 Å². The maximum Gasteiger partial charge on any atom is 0.0775 e. The van der Waals surface area contributed by atoms with Crippen LogP contribution in [0, 0.1) is 0 Å². The lowest BCUT2D eigenvalue weighted by atomic mass is 9.86. The molecule has 0 amide bonds. The van der Waals surface area contributed by atoms with Crippen molar-refractivity contribution in [3.63, 3.8) is 0 Å². The number of benzene rings is 11. The van der Waals surface area contributed by atoms with Gasteiger partial charge in [0.25, 0.3) is 0 Å². The number of hydrogen-bond donors (Lipinski definition) is 0. The fourth-order valence-electron chi connectivity index (χ4n) is 10.1. The Balaban J connectivity index is 1.01. The summed E-state index contributed by atoms with van der Waals surface area (Å²) >= 11 is 0. The molecule has 0 radical (unpaired) electrons. The molecule has 0 aliphatic carbocycles. The topological polar surface area (TPSA) is 6.48 Å². The molecule has 11 aromatic carbocycles. The monoisotopic (exact) mass is 908 g/mol. The molecule has 0 heterocycles. The molecule has 4 heteroatoms. The molecule has 0 unspecified atom stereocenters. The van der Waals surface area contributed by atoms with Crippen molar-refractivity contribution in [2.24, 2.45) is 0 Å². The molecule has 0 saturated heterocycles. The van der Waals surface area contributed by atoms with Gasteiger partial charge in [0.2, 0.25) is 0 Å². The zero-order valence-electron chi connectivity index (χ0n) is 39.8. The highest BCUT2D eigenvalue weighted by Gasteiger charge is 2.22. The molecule has 0 saturated carbocycles. The standard InChI is InChI=1S/C64H56N2Si2/c1-67(2,3)57-39-35-53(36-40-57)65(55-33-23-45-15-7-9-17-49(45)43-55)51-29-25-47(26-30-51)63-59-19-11-13-21-61(59)64(62-22-14-12-20-60(62)63)48-27-31-52(32-28-48)66(54-37-41-58(42-38-54)68(4,5)6)56-34-24-46-16-8-10-18-50(46)44-56/h7-44H,1-6H3. The molecule has 0 N–H and O–H groups in total. The summed E-state index contributed by atoms with van der Waals surface area (Å²) in [5.41, 5.74) is 11.7. The van der Waals surface area contributed by atoms with E-state index in [-0.39, 0.29) is 0 Å². The van der Waals surface area contributed by atoms with Crippen LogP contribution >= 0.6 is 0 Å². The summed E-state index contributed by atoms with van der Waals surface area (Å²) in [6, 6.07) is 85.8. The van der Waals surface area contributed by atoms with Gasteiger partial charge in [0.05, 0.1) is 16.1 Å². The van der Waals surface area contributed by atoms with Crippen LogP contribution in [-0.4, -0.2) is 16.1 Å². The van der Waals surface area contributed by atoms with E-state index in [4.69, 9.17) is 0 Å². The van der Waals surface area contributed by atoms with Crippen LogP contribution in [0.1, 0.15) is 0 Å². The second kappa shape index (κ2) is 17.3. The van der Waals surface area contributed by atoms with E-state index in [0.717, 1.165) is 34.1 Å². The maximum absolute atomic E-state index is 2.41. The van der Waals surface area contributed by atoms with Crippen molar-refractivity contribution in [2.75, 3.05) is 9.80 Å². The largest absolute Gasteiger partial charge is 0.310 e. The second-order valence-electron chi connectivity index (χ2n) is 20.3. The van der Waals surface area contributed by atoms with E-state index in [1.807, 2.05) is 0 Å². The van der Waals surface area contributed by atoms with Gasteiger partial charge in [-0.15, -0.1) is 0 Å². The third kappa shape index (κ3) is 8.10. The van der Waals surface area contributed by atoms with Gasteiger partial charge in [0.1, 0.15) is 0 Å². The van der Waals surface area contributed by atoms with Gasteiger partial charge in [-0.1, -0.05) is 207 Å². The number of rotatable bonds is 10. The van der Waals surface area contributed by atoms with Crippen LogP contribution in [0.25, 0.3) is 65.3 Å². The average molecular weight is 909 g/mol. The van der Waals surface area contributed by atoms with Gasteiger partial charge in [-0.05, 0) is 138 Å². The van der Waals surface area contributed by atoms with Gasteiger partial charge in [0.15, 0.2) is 0 Å². The Kier molecular flexibility index (Phi) is 11.0. The average Bonchev–Trinajstić information content (AvgIpc) is 3.36. The summed E-state index contributed by atoms with van der Waals surface area (Å²) in [4.78, 5) is 4.80. The third-order valence-corrected chi connectivity index (χ3v) is 17.9. The Bertz CT molecular complexity index is 3320. The van der Waals surface area contributed by atoms with Crippen molar-refractivity contribution in [1.29, 1.82) is 0 Å². The lowest BCUT2D eigenvalue weighted by Gasteiger charge is -2.27. The first kappa shape index (κ1) is 43.1. The predicted octanol–water partition coefficient (Wildman–Crippen LogP) is 17.7. The summed E-state index contributed by atoms with van der Waals surface area (Å²) in [6.45, 7) is 14.5. The molecule has 0 aliphatic rings. The van der Waals surface area contributed by atoms with Gasteiger partial charge >= 0.3 is 0 Å². The first-order chi connectivity index (χ1) is 33.0. The molecular weight excluding hydrogens is 853 g/mol. The molecule has 11 aromatic rings. The number of hydrogen-bond acceptors (Lipinski definition) is 2. The summed E-state index contributed by atoms with van der Waals surface area (Å²) in [7, 11) is -2.94. The third-order valence-electron chi connectivity index (χ3n) is 13.7. The first-order valence-corrected chi connectivity index (χ1v) is 30.9. The highest BCUT2D eigenvalue weighted by Crippen LogP contribution is 2.46. The van der Waals surface area contributed by atoms with Crippen molar-refractivity contribution in [3.8, 4) is 22.3 Å². The molecule has 11 rings (SSSR count). The van der Waals surface area contributed by atoms with E-state index in [1.165, 1.54) is 75.7 Å². The van der Waals surface area contributed by atoms with Crippen LogP contribution in [0.4, 0.5) is 34.1 Å². The van der Waals surface area contributed by atoms with E-state index < -0.39 is 16.1 Å². The summed E-state index contributed by atoms with van der Waals surface area (Å²) < 4.78 is 0. The molecule has 0 bridgehead atoms. The Hall–Kier alpha value is -7.51. The highest BCUT2D eigenvalue weighted by atomic mass is 28.3. The molecule has 68 heavy (non-hydrogen) atoms. The molecule has 330 valence electrons. The highest BCUT2D eigenvalue weighted by molar-refractivity contribution is 6.89. The van der Waals surface area contributed by atoms with Crippen LogP contribution in [0.2, 0.25) is 39.3 Å². The minimum atomic E-state index is -1.47.